The quantitative estimate of drug-likeness (QED) is 0.446. The number of aliphatic hydroxyl groups is 1. The van der Waals surface area contributed by atoms with Crippen LogP contribution in [0.25, 0.3) is 0 Å². The minimum Gasteiger partial charge on any atom is -0.378 e. The minimum atomic E-state index is -1.19. The summed E-state index contributed by atoms with van der Waals surface area (Å²) in [7, 11) is 0. The molecule has 0 saturated carbocycles. The second-order valence-electron chi connectivity index (χ2n) is 1.78. The summed E-state index contributed by atoms with van der Waals surface area (Å²) < 4.78 is 11.0. The predicted molar refractivity (Wildman–Crippen MR) is 25.2 cm³/mol. The van der Waals surface area contributed by atoms with Gasteiger partial charge in [-0.15, -0.1) is 4.39 Å². The normalized spacial score (nSPS) is 9.71. The maximum absolute atomic E-state index is 11.0. The van der Waals surface area contributed by atoms with Gasteiger partial charge in [-0.1, -0.05) is 0 Å². The molecule has 1 N–H and O–H groups in total. The maximum Gasteiger partial charge on any atom is 0.122 e. The SMILES string of the molecule is CC(C)(O)C#CF. The molecule has 0 aromatic carbocycles. The van der Waals surface area contributed by atoms with Crippen molar-refractivity contribution in [1.82, 2.24) is 0 Å². The van der Waals surface area contributed by atoms with Gasteiger partial charge in [0.2, 0.25) is 0 Å². The highest BCUT2D eigenvalue weighted by Gasteiger charge is 2.05. The summed E-state index contributed by atoms with van der Waals surface area (Å²) in [5.74, 6) is 1.92. The zero-order valence-corrected chi connectivity index (χ0v) is 4.33. The van der Waals surface area contributed by atoms with Gasteiger partial charge in [0, 0.05) is 0 Å². The standard InChI is InChI=1S/C5H7FO/c1-5(2,7)3-4-6/h7H,1-2H3. The molecular weight excluding hydrogens is 95.1 g/mol. The lowest BCUT2D eigenvalue weighted by Gasteiger charge is -2.03. The van der Waals surface area contributed by atoms with Crippen LogP contribution in [-0.4, -0.2) is 10.7 Å². The predicted octanol–water partition coefficient (Wildman–Crippen LogP) is 0.688. The van der Waals surface area contributed by atoms with Gasteiger partial charge in [0.05, 0.1) is 0 Å². The topological polar surface area (TPSA) is 20.2 Å². The fraction of sp³-hybridized carbons (Fsp3) is 0.600. The first-order valence-corrected chi connectivity index (χ1v) is 1.91. The van der Waals surface area contributed by atoms with E-state index in [-0.39, 0.29) is 0 Å². The molecule has 0 aliphatic heterocycles. The van der Waals surface area contributed by atoms with Crippen LogP contribution in [0.5, 0.6) is 0 Å². The van der Waals surface area contributed by atoms with Gasteiger partial charge in [-0.3, -0.25) is 0 Å². The highest BCUT2D eigenvalue weighted by molar-refractivity contribution is 5.04. The smallest absolute Gasteiger partial charge is 0.122 e. The Balaban J connectivity index is 3.72. The van der Waals surface area contributed by atoms with E-state index >= 15 is 0 Å². The van der Waals surface area contributed by atoms with Crippen LogP contribution in [0.15, 0.2) is 0 Å². The molecular formula is C5H7FO. The number of hydrogen-bond acceptors (Lipinski definition) is 1. The summed E-state index contributed by atoms with van der Waals surface area (Å²) in [5, 5.41) is 8.60. The van der Waals surface area contributed by atoms with E-state index in [4.69, 9.17) is 5.11 Å². The van der Waals surface area contributed by atoms with E-state index in [1.807, 2.05) is 5.92 Å². The first-order chi connectivity index (χ1) is 3.06. The van der Waals surface area contributed by atoms with Gasteiger partial charge >= 0.3 is 0 Å². The molecule has 7 heavy (non-hydrogen) atoms. The Bertz CT molecular complexity index is 101. The van der Waals surface area contributed by atoms with E-state index in [2.05, 4.69) is 0 Å². The molecule has 2 heteroatoms. The van der Waals surface area contributed by atoms with Crippen LogP contribution in [0, 0.1) is 12.1 Å². The molecule has 0 aromatic heterocycles. The molecule has 0 fully saturated rings. The van der Waals surface area contributed by atoms with Crippen molar-refractivity contribution in [3.8, 4) is 12.1 Å². The monoisotopic (exact) mass is 102 g/mol. The zero-order valence-electron chi connectivity index (χ0n) is 4.33. The van der Waals surface area contributed by atoms with E-state index < -0.39 is 5.60 Å². The maximum atomic E-state index is 11.0. The molecule has 0 aliphatic carbocycles. The molecule has 0 aliphatic rings. The Kier molecular flexibility index (Phi) is 1.79. The molecule has 0 saturated heterocycles. The molecule has 1 nitrogen and oxygen atoms in total. The van der Waals surface area contributed by atoms with Gasteiger partial charge in [0.25, 0.3) is 0 Å². The van der Waals surface area contributed by atoms with Crippen molar-refractivity contribution >= 4 is 0 Å². The van der Waals surface area contributed by atoms with Crippen LogP contribution in [0.2, 0.25) is 0 Å². The van der Waals surface area contributed by atoms with E-state index in [1.54, 1.807) is 0 Å². The second kappa shape index (κ2) is 1.94. The first-order valence-electron chi connectivity index (χ1n) is 1.91. The molecule has 0 spiro atoms. The van der Waals surface area contributed by atoms with Crippen molar-refractivity contribution in [2.24, 2.45) is 0 Å². The molecule has 40 valence electrons. The van der Waals surface area contributed by atoms with E-state index in [9.17, 15) is 4.39 Å². The van der Waals surface area contributed by atoms with Crippen LogP contribution < -0.4 is 0 Å². The van der Waals surface area contributed by atoms with Gasteiger partial charge in [0.1, 0.15) is 11.8 Å². The lowest BCUT2D eigenvalue weighted by molar-refractivity contribution is 0.143. The molecule has 0 unspecified atom stereocenters. The first kappa shape index (κ1) is 6.45. The van der Waals surface area contributed by atoms with Crippen LogP contribution in [0.4, 0.5) is 4.39 Å². The average Bonchev–Trinajstić information content (AvgIpc) is 1.30. The minimum absolute atomic E-state index is 1.11. The van der Waals surface area contributed by atoms with E-state index in [0.717, 1.165) is 6.17 Å². The number of hydrogen-bond donors (Lipinski definition) is 1. The lowest BCUT2D eigenvalue weighted by Crippen LogP contribution is -2.14. The largest absolute Gasteiger partial charge is 0.378 e. The van der Waals surface area contributed by atoms with Crippen LogP contribution in [-0.2, 0) is 0 Å². The summed E-state index contributed by atoms with van der Waals surface area (Å²) in [6.45, 7) is 2.83. The van der Waals surface area contributed by atoms with Crippen LogP contribution >= 0.6 is 0 Å². The summed E-state index contributed by atoms with van der Waals surface area (Å²) >= 11 is 0. The fourth-order valence-corrected chi connectivity index (χ4v) is 0.116. The Morgan fingerprint density at radius 3 is 2.00 bits per heavy atom. The third-order valence-corrected chi connectivity index (χ3v) is 0.353. The van der Waals surface area contributed by atoms with Gasteiger partial charge in [-0.2, -0.15) is 0 Å². The Labute approximate surface area is 42.2 Å². The van der Waals surface area contributed by atoms with Crippen molar-refractivity contribution in [2.45, 2.75) is 19.4 Å². The van der Waals surface area contributed by atoms with Crippen molar-refractivity contribution in [3.63, 3.8) is 0 Å². The Morgan fingerprint density at radius 1 is 1.57 bits per heavy atom. The number of rotatable bonds is 0. The second-order valence-corrected chi connectivity index (χ2v) is 1.78. The molecule has 0 heterocycles. The molecule has 0 amide bonds. The van der Waals surface area contributed by atoms with Gasteiger partial charge in [-0.25, -0.2) is 0 Å². The van der Waals surface area contributed by atoms with Crippen molar-refractivity contribution in [3.05, 3.63) is 0 Å². The summed E-state index contributed by atoms with van der Waals surface area (Å²) in [5.41, 5.74) is -1.19. The highest BCUT2D eigenvalue weighted by Crippen LogP contribution is 1.95. The lowest BCUT2D eigenvalue weighted by atomic mass is 10.2. The molecule has 0 aromatic rings. The van der Waals surface area contributed by atoms with Crippen molar-refractivity contribution < 1.29 is 9.50 Å². The third-order valence-electron chi connectivity index (χ3n) is 0.353. The highest BCUT2D eigenvalue weighted by atomic mass is 19.1. The Morgan fingerprint density at radius 2 is 2.00 bits per heavy atom. The average molecular weight is 102 g/mol. The molecule has 0 bridgehead atoms. The molecule has 0 radical (unpaired) electrons. The molecule has 0 rings (SSSR count). The third kappa shape index (κ3) is 5.45. The summed E-state index contributed by atoms with van der Waals surface area (Å²) in [6, 6.07) is 0. The van der Waals surface area contributed by atoms with Gasteiger partial charge in [-0.05, 0) is 19.8 Å². The van der Waals surface area contributed by atoms with E-state index in [0.29, 0.717) is 0 Å². The van der Waals surface area contributed by atoms with Crippen LogP contribution in [0.1, 0.15) is 13.8 Å². The van der Waals surface area contributed by atoms with E-state index in [1.165, 1.54) is 13.8 Å². The van der Waals surface area contributed by atoms with Crippen molar-refractivity contribution in [1.29, 1.82) is 0 Å². The fourth-order valence-electron chi connectivity index (χ4n) is 0.116. The molecule has 0 atom stereocenters. The zero-order chi connectivity index (χ0) is 5.91. The Hall–Kier alpha value is -0.550. The summed E-state index contributed by atoms with van der Waals surface area (Å²) in [6.07, 6.45) is 1.11. The van der Waals surface area contributed by atoms with Crippen LogP contribution in [0.3, 0.4) is 0 Å². The number of halogens is 1. The summed E-state index contributed by atoms with van der Waals surface area (Å²) in [4.78, 5) is 0. The van der Waals surface area contributed by atoms with Gasteiger partial charge in [0.15, 0.2) is 0 Å². The van der Waals surface area contributed by atoms with Crippen molar-refractivity contribution in [2.75, 3.05) is 0 Å². The van der Waals surface area contributed by atoms with Gasteiger partial charge < -0.3 is 5.11 Å².